The summed E-state index contributed by atoms with van der Waals surface area (Å²) < 4.78 is 11.5. The van der Waals surface area contributed by atoms with Gasteiger partial charge in [-0.15, -0.1) is 0 Å². The Morgan fingerprint density at radius 2 is 1.59 bits per heavy atom. The van der Waals surface area contributed by atoms with Gasteiger partial charge in [0.25, 0.3) is 0 Å². The maximum atomic E-state index is 12.5. The molecule has 2 aromatic carbocycles. The van der Waals surface area contributed by atoms with Gasteiger partial charge in [0.1, 0.15) is 6.61 Å². The number of aliphatic carboxylic acids is 1. The predicted molar refractivity (Wildman–Crippen MR) is 133 cm³/mol. The van der Waals surface area contributed by atoms with Crippen LogP contribution in [0, 0.1) is 5.92 Å². The molecule has 0 radical (unpaired) electrons. The number of carbonyl (C=O) groups is 2. The number of carboxylic acids is 1. The highest BCUT2D eigenvalue weighted by molar-refractivity contribution is 5.79. The van der Waals surface area contributed by atoms with E-state index in [1.54, 1.807) is 6.92 Å². The van der Waals surface area contributed by atoms with Gasteiger partial charge in [0.15, 0.2) is 0 Å². The molecule has 3 atom stereocenters. The molecule has 1 aliphatic carbocycles. The van der Waals surface area contributed by atoms with Gasteiger partial charge in [0.2, 0.25) is 0 Å². The number of rotatable bonds is 13. The number of fused-ring (bicyclic) bond motifs is 3. The summed E-state index contributed by atoms with van der Waals surface area (Å²) in [6.45, 7) is 6.14. The fourth-order valence-electron chi connectivity index (χ4n) is 4.56. The Hall–Kier alpha value is -2.86. The molecular weight excluding hydrogens is 430 g/mol. The molecule has 0 aliphatic heterocycles. The number of amides is 1. The molecule has 0 spiro atoms. The topological polar surface area (TPSA) is 84.9 Å². The van der Waals surface area contributed by atoms with Crippen molar-refractivity contribution in [3.63, 3.8) is 0 Å². The van der Waals surface area contributed by atoms with Gasteiger partial charge in [-0.1, -0.05) is 81.1 Å². The Bertz CT molecular complexity index is 914. The second-order valence-corrected chi connectivity index (χ2v) is 9.22. The first-order valence-electron chi connectivity index (χ1n) is 12.4. The van der Waals surface area contributed by atoms with E-state index in [1.165, 1.54) is 22.3 Å². The highest BCUT2D eigenvalue weighted by Gasteiger charge is 2.29. The first-order chi connectivity index (χ1) is 16.4. The maximum absolute atomic E-state index is 12.5. The van der Waals surface area contributed by atoms with Crippen LogP contribution in [0.2, 0.25) is 0 Å². The van der Waals surface area contributed by atoms with Crippen LogP contribution in [-0.2, 0) is 14.3 Å². The van der Waals surface area contributed by atoms with Crippen molar-refractivity contribution in [1.82, 2.24) is 5.32 Å². The summed E-state index contributed by atoms with van der Waals surface area (Å²) in [5.41, 5.74) is 4.71. The summed E-state index contributed by atoms with van der Waals surface area (Å²) in [6.07, 6.45) is 4.09. The molecule has 2 N–H and O–H groups in total. The van der Waals surface area contributed by atoms with Crippen LogP contribution in [0.25, 0.3) is 11.1 Å². The van der Waals surface area contributed by atoms with E-state index in [4.69, 9.17) is 9.47 Å². The summed E-state index contributed by atoms with van der Waals surface area (Å²) in [4.78, 5) is 24.0. The van der Waals surface area contributed by atoms with Crippen molar-refractivity contribution in [3.8, 4) is 11.1 Å². The summed E-state index contributed by atoms with van der Waals surface area (Å²) in [7, 11) is 0. The molecule has 6 nitrogen and oxygen atoms in total. The molecule has 0 bridgehead atoms. The first kappa shape index (κ1) is 25.8. The first-order valence-corrected chi connectivity index (χ1v) is 12.4. The van der Waals surface area contributed by atoms with E-state index in [-0.39, 0.29) is 31.3 Å². The molecule has 34 heavy (non-hydrogen) atoms. The summed E-state index contributed by atoms with van der Waals surface area (Å²) in [5.74, 6) is -1.45. The standard InChI is InChI=1S/C28H37NO5/c1-4-5-6-7-16-26(20(3)27(30)31)33-17-19(2)29-28(32)34-18-25-23-14-10-8-12-21(23)22-13-9-11-15-24(22)25/h8-15,19-20,25-26H,4-7,16-18H2,1-3H3,(H,29,32)(H,30,31). The van der Waals surface area contributed by atoms with Gasteiger partial charge in [-0.25, -0.2) is 4.79 Å². The number of benzene rings is 2. The van der Waals surface area contributed by atoms with Crippen molar-refractivity contribution >= 4 is 12.1 Å². The number of nitrogens with one attached hydrogen (secondary N) is 1. The summed E-state index contributed by atoms with van der Waals surface area (Å²) in [5, 5.41) is 12.2. The Labute approximate surface area is 202 Å². The number of carboxylic acid groups (broad SMARTS) is 1. The van der Waals surface area contributed by atoms with Crippen molar-refractivity contribution < 1.29 is 24.2 Å². The van der Waals surface area contributed by atoms with Crippen molar-refractivity contribution in [2.45, 2.75) is 70.9 Å². The van der Waals surface area contributed by atoms with Gasteiger partial charge in [-0.2, -0.15) is 0 Å². The third-order valence-electron chi connectivity index (χ3n) is 6.56. The molecule has 0 fully saturated rings. The average Bonchev–Trinajstić information content (AvgIpc) is 3.15. The van der Waals surface area contributed by atoms with Gasteiger partial charge < -0.3 is 19.9 Å². The molecule has 0 heterocycles. The van der Waals surface area contributed by atoms with Gasteiger partial charge in [-0.3, -0.25) is 4.79 Å². The van der Waals surface area contributed by atoms with Gasteiger partial charge in [-0.05, 0) is 42.5 Å². The quantitative estimate of drug-likeness (QED) is 0.354. The molecule has 3 unspecified atom stereocenters. The van der Waals surface area contributed by atoms with E-state index >= 15 is 0 Å². The number of ether oxygens (including phenoxy) is 2. The minimum absolute atomic E-state index is 0.00798. The molecule has 184 valence electrons. The smallest absolute Gasteiger partial charge is 0.407 e. The Morgan fingerprint density at radius 1 is 0.971 bits per heavy atom. The fourth-order valence-corrected chi connectivity index (χ4v) is 4.56. The minimum Gasteiger partial charge on any atom is -0.481 e. The van der Waals surface area contributed by atoms with Crippen molar-refractivity contribution in [2.75, 3.05) is 13.2 Å². The molecular formula is C28H37NO5. The molecule has 0 saturated carbocycles. The van der Waals surface area contributed by atoms with Gasteiger partial charge >= 0.3 is 12.1 Å². The highest BCUT2D eigenvalue weighted by atomic mass is 16.5. The van der Waals surface area contributed by atoms with Crippen LogP contribution in [-0.4, -0.2) is 42.5 Å². The van der Waals surface area contributed by atoms with Crippen molar-refractivity contribution in [2.24, 2.45) is 5.92 Å². The number of unbranched alkanes of at least 4 members (excludes halogenated alkanes) is 3. The normalized spacial score (nSPS) is 15.1. The fraction of sp³-hybridized carbons (Fsp3) is 0.500. The third kappa shape index (κ3) is 6.60. The van der Waals surface area contributed by atoms with Crippen molar-refractivity contribution in [1.29, 1.82) is 0 Å². The van der Waals surface area contributed by atoms with Crippen LogP contribution >= 0.6 is 0 Å². The van der Waals surface area contributed by atoms with Crippen LogP contribution in [0.5, 0.6) is 0 Å². The molecule has 1 amide bonds. The number of alkyl carbamates (subject to hydrolysis) is 1. The minimum atomic E-state index is -0.863. The predicted octanol–water partition coefficient (Wildman–Crippen LogP) is 5.99. The Balaban J connectivity index is 1.49. The number of hydrogen-bond donors (Lipinski definition) is 2. The second kappa shape index (κ2) is 12.6. The van der Waals surface area contributed by atoms with Gasteiger partial charge in [0, 0.05) is 5.92 Å². The molecule has 0 saturated heterocycles. The number of hydrogen-bond acceptors (Lipinski definition) is 4. The second-order valence-electron chi connectivity index (χ2n) is 9.22. The van der Waals surface area contributed by atoms with E-state index in [9.17, 15) is 14.7 Å². The van der Waals surface area contributed by atoms with Crippen molar-refractivity contribution in [3.05, 3.63) is 59.7 Å². The van der Waals surface area contributed by atoms with Crippen LogP contribution in [0.4, 0.5) is 4.79 Å². The molecule has 3 rings (SSSR count). The SMILES string of the molecule is CCCCCCC(OCC(C)NC(=O)OCC1c2ccccc2-c2ccccc21)C(C)C(=O)O. The van der Waals surface area contributed by atoms with Crippen LogP contribution in [0.15, 0.2) is 48.5 Å². The summed E-state index contributed by atoms with van der Waals surface area (Å²) >= 11 is 0. The lowest BCUT2D eigenvalue weighted by molar-refractivity contribution is -0.147. The monoisotopic (exact) mass is 467 g/mol. The molecule has 2 aromatic rings. The molecule has 6 heteroatoms. The molecule has 1 aliphatic rings. The zero-order valence-electron chi connectivity index (χ0n) is 20.5. The van der Waals surface area contributed by atoms with Crippen LogP contribution in [0.1, 0.15) is 69.9 Å². The zero-order chi connectivity index (χ0) is 24.5. The lowest BCUT2D eigenvalue weighted by atomic mass is 9.98. The van der Waals surface area contributed by atoms with E-state index in [2.05, 4.69) is 36.5 Å². The Kier molecular flexibility index (Phi) is 9.52. The van der Waals surface area contributed by atoms with E-state index < -0.39 is 18.0 Å². The highest BCUT2D eigenvalue weighted by Crippen LogP contribution is 2.44. The van der Waals surface area contributed by atoms with Gasteiger partial charge in [0.05, 0.1) is 24.7 Å². The average molecular weight is 468 g/mol. The molecule has 0 aromatic heterocycles. The largest absolute Gasteiger partial charge is 0.481 e. The van der Waals surface area contributed by atoms with E-state index in [1.807, 2.05) is 31.2 Å². The Morgan fingerprint density at radius 3 is 2.18 bits per heavy atom. The van der Waals surface area contributed by atoms with Crippen LogP contribution in [0.3, 0.4) is 0 Å². The lowest BCUT2D eigenvalue weighted by Crippen LogP contribution is -2.39. The van der Waals surface area contributed by atoms with E-state index in [0.29, 0.717) is 6.42 Å². The number of carbonyl (C=O) groups excluding carboxylic acids is 1. The third-order valence-corrected chi connectivity index (χ3v) is 6.56. The lowest BCUT2D eigenvalue weighted by Gasteiger charge is -2.24. The van der Waals surface area contributed by atoms with E-state index in [0.717, 1.165) is 25.7 Å². The zero-order valence-corrected chi connectivity index (χ0v) is 20.5. The summed E-state index contributed by atoms with van der Waals surface area (Å²) in [6, 6.07) is 16.1. The maximum Gasteiger partial charge on any atom is 0.407 e. The van der Waals surface area contributed by atoms with Crippen LogP contribution < -0.4 is 5.32 Å².